The summed E-state index contributed by atoms with van der Waals surface area (Å²) in [4.78, 5) is 14.2. The van der Waals surface area contributed by atoms with Crippen molar-refractivity contribution >= 4 is 11.7 Å². The Labute approximate surface area is 145 Å². The van der Waals surface area contributed by atoms with Gasteiger partial charge in [-0.1, -0.05) is 31.5 Å². The predicted molar refractivity (Wildman–Crippen MR) is 98.3 cm³/mol. The second-order valence-electron chi connectivity index (χ2n) is 7.12. The van der Waals surface area contributed by atoms with Gasteiger partial charge in [0.15, 0.2) is 0 Å². The van der Waals surface area contributed by atoms with Gasteiger partial charge in [0.25, 0.3) is 0 Å². The maximum atomic E-state index is 12.0. The summed E-state index contributed by atoms with van der Waals surface area (Å²) in [5.74, 6) is 0. The smallest absolute Gasteiger partial charge is 0.315 e. The second kappa shape index (κ2) is 8.92. The van der Waals surface area contributed by atoms with E-state index in [1.807, 2.05) is 25.1 Å². The molecule has 24 heavy (non-hydrogen) atoms. The highest BCUT2D eigenvalue weighted by Crippen LogP contribution is 2.37. The van der Waals surface area contributed by atoms with E-state index < -0.39 is 0 Å². The maximum Gasteiger partial charge on any atom is 0.315 e. The summed E-state index contributed by atoms with van der Waals surface area (Å²) in [6.07, 6.45) is 4.97. The lowest BCUT2D eigenvalue weighted by Crippen LogP contribution is -2.48. The predicted octanol–water partition coefficient (Wildman–Crippen LogP) is 2.75. The third-order valence-corrected chi connectivity index (χ3v) is 5.15. The lowest BCUT2D eigenvalue weighted by atomic mass is 9.86. The van der Waals surface area contributed by atoms with Gasteiger partial charge in [0.2, 0.25) is 0 Å². The van der Waals surface area contributed by atoms with Crippen LogP contribution in [0.5, 0.6) is 0 Å². The van der Waals surface area contributed by atoms with Gasteiger partial charge in [-0.3, -0.25) is 0 Å². The molecule has 2 unspecified atom stereocenters. The topological polar surface area (TPSA) is 64.6 Å². The molecular weight excluding hydrogens is 302 g/mol. The van der Waals surface area contributed by atoms with E-state index in [0.29, 0.717) is 6.54 Å². The van der Waals surface area contributed by atoms with Gasteiger partial charge in [0.05, 0.1) is 6.61 Å². The van der Waals surface area contributed by atoms with Crippen LogP contribution in [0.15, 0.2) is 30.3 Å². The molecule has 5 nitrogen and oxygen atoms in total. The first-order valence-electron chi connectivity index (χ1n) is 8.96. The third kappa shape index (κ3) is 5.13. The first-order chi connectivity index (χ1) is 11.5. The Morgan fingerprint density at radius 3 is 2.79 bits per heavy atom. The summed E-state index contributed by atoms with van der Waals surface area (Å²) >= 11 is 0. The lowest BCUT2D eigenvalue weighted by Gasteiger charge is -2.30. The number of aliphatic hydroxyl groups excluding tert-OH is 1. The molecular formula is C19H31N3O2. The number of urea groups is 1. The van der Waals surface area contributed by atoms with Crippen molar-refractivity contribution in [3.63, 3.8) is 0 Å². The number of para-hydroxylation sites is 1. The van der Waals surface area contributed by atoms with Gasteiger partial charge >= 0.3 is 6.03 Å². The number of carbonyl (C=O) groups is 1. The standard InChI is InChI=1S/C19H31N3O2/c1-19(15-23)12-8-11-17(19)21-18(24)20-13-6-7-14-22(2)16-9-4-3-5-10-16/h3-5,9-10,17,23H,6-8,11-15H2,1-2H3,(H2,20,21,24). The van der Waals surface area contributed by atoms with E-state index in [4.69, 9.17) is 0 Å². The minimum atomic E-state index is -0.171. The van der Waals surface area contributed by atoms with E-state index in [2.05, 4.69) is 34.7 Å². The summed E-state index contributed by atoms with van der Waals surface area (Å²) in [7, 11) is 2.09. The van der Waals surface area contributed by atoms with Gasteiger partial charge in [0.1, 0.15) is 0 Å². The van der Waals surface area contributed by atoms with E-state index in [1.54, 1.807) is 0 Å². The number of carbonyl (C=O) groups excluding carboxylic acids is 1. The number of amides is 2. The third-order valence-electron chi connectivity index (χ3n) is 5.15. The molecule has 134 valence electrons. The molecule has 1 fully saturated rings. The fraction of sp³-hybridized carbons (Fsp3) is 0.632. The van der Waals surface area contributed by atoms with Gasteiger partial charge in [-0.25, -0.2) is 4.79 Å². The van der Waals surface area contributed by atoms with Crippen LogP contribution >= 0.6 is 0 Å². The number of aliphatic hydroxyl groups is 1. The van der Waals surface area contributed by atoms with E-state index in [0.717, 1.165) is 38.6 Å². The highest BCUT2D eigenvalue weighted by Gasteiger charge is 2.38. The van der Waals surface area contributed by atoms with Crippen LogP contribution in [0.25, 0.3) is 0 Å². The zero-order valence-electron chi connectivity index (χ0n) is 14.9. The second-order valence-corrected chi connectivity index (χ2v) is 7.12. The molecule has 3 N–H and O–H groups in total. The van der Waals surface area contributed by atoms with Crippen LogP contribution in [-0.4, -0.2) is 43.9 Å². The lowest BCUT2D eigenvalue weighted by molar-refractivity contribution is 0.121. The summed E-state index contributed by atoms with van der Waals surface area (Å²) in [6, 6.07) is 10.3. The van der Waals surface area contributed by atoms with Crippen LogP contribution < -0.4 is 15.5 Å². The average Bonchev–Trinajstić information content (AvgIpc) is 2.96. The molecule has 0 aromatic heterocycles. The van der Waals surface area contributed by atoms with Crippen LogP contribution in [-0.2, 0) is 0 Å². The summed E-state index contributed by atoms with van der Waals surface area (Å²) < 4.78 is 0. The number of unbranched alkanes of at least 4 members (excludes halogenated alkanes) is 1. The van der Waals surface area contributed by atoms with Crippen molar-refractivity contribution in [3.05, 3.63) is 30.3 Å². The largest absolute Gasteiger partial charge is 0.396 e. The molecule has 2 rings (SSSR count). The Bertz CT molecular complexity index is 509. The van der Waals surface area contributed by atoms with Crippen molar-refractivity contribution in [2.75, 3.05) is 31.6 Å². The Kier molecular flexibility index (Phi) is 6.91. The molecule has 2 amide bonds. The SMILES string of the molecule is CN(CCCCNC(=O)NC1CCCC1(C)CO)c1ccccc1. The normalized spacial score (nSPS) is 23.0. The number of hydrogen-bond donors (Lipinski definition) is 3. The van der Waals surface area contributed by atoms with Crippen molar-refractivity contribution in [1.29, 1.82) is 0 Å². The summed E-state index contributed by atoms with van der Waals surface area (Å²) in [5.41, 5.74) is 1.04. The van der Waals surface area contributed by atoms with Gasteiger partial charge in [0, 0.05) is 37.3 Å². The quantitative estimate of drug-likeness (QED) is 0.641. The molecule has 0 radical (unpaired) electrons. The van der Waals surface area contributed by atoms with Gasteiger partial charge in [-0.05, 0) is 37.8 Å². The van der Waals surface area contributed by atoms with E-state index in [9.17, 15) is 9.90 Å². The molecule has 5 heteroatoms. The average molecular weight is 333 g/mol. The minimum Gasteiger partial charge on any atom is -0.396 e. The molecule has 0 saturated heterocycles. The van der Waals surface area contributed by atoms with Gasteiger partial charge in [-0.15, -0.1) is 0 Å². The monoisotopic (exact) mass is 333 g/mol. The molecule has 1 aromatic carbocycles. The van der Waals surface area contributed by atoms with Gasteiger partial charge in [-0.2, -0.15) is 0 Å². The van der Waals surface area contributed by atoms with Crippen LogP contribution in [0.2, 0.25) is 0 Å². The van der Waals surface area contributed by atoms with E-state index >= 15 is 0 Å². The van der Waals surface area contributed by atoms with Crippen LogP contribution in [0.4, 0.5) is 10.5 Å². The zero-order valence-corrected chi connectivity index (χ0v) is 14.9. The molecule has 0 heterocycles. The van der Waals surface area contributed by atoms with Crippen LogP contribution in [0, 0.1) is 5.41 Å². The van der Waals surface area contributed by atoms with Crippen LogP contribution in [0.1, 0.15) is 39.0 Å². The minimum absolute atomic E-state index is 0.0757. The molecule has 1 aliphatic carbocycles. The first-order valence-corrected chi connectivity index (χ1v) is 8.96. The number of benzene rings is 1. The number of hydrogen-bond acceptors (Lipinski definition) is 3. The molecule has 0 aliphatic heterocycles. The van der Waals surface area contributed by atoms with E-state index in [-0.39, 0.29) is 24.1 Å². The molecule has 0 spiro atoms. The summed E-state index contributed by atoms with van der Waals surface area (Å²) in [6.45, 7) is 3.82. The highest BCUT2D eigenvalue weighted by molar-refractivity contribution is 5.74. The van der Waals surface area contributed by atoms with E-state index in [1.165, 1.54) is 5.69 Å². The first kappa shape index (κ1) is 18.6. The maximum absolute atomic E-state index is 12.0. The highest BCUT2D eigenvalue weighted by atomic mass is 16.3. The van der Waals surface area contributed by atoms with Crippen LogP contribution in [0.3, 0.4) is 0 Å². The van der Waals surface area contributed by atoms with Crippen molar-refractivity contribution in [2.45, 2.75) is 45.1 Å². The number of anilines is 1. The summed E-state index contributed by atoms with van der Waals surface area (Å²) in [5, 5.41) is 15.5. The zero-order chi connectivity index (χ0) is 17.4. The fourth-order valence-corrected chi connectivity index (χ4v) is 3.37. The Morgan fingerprint density at radius 1 is 1.33 bits per heavy atom. The Hall–Kier alpha value is -1.75. The van der Waals surface area contributed by atoms with Crippen molar-refractivity contribution in [3.8, 4) is 0 Å². The molecule has 1 saturated carbocycles. The Balaban J connectivity index is 1.60. The molecule has 2 atom stereocenters. The molecule has 0 bridgehead atoms. The molecule has 1 aliphatic rings. The fourth-order valence-electron chi connectivity index (χ4n) is 3.37. The van der Waals surface area contributed by atoms with Crippen molar-refractivity contribution in [1.82, 2.24) is 10.6 Å². The van der Waals surface area contributed by atoms with Gasteiger partial charge < -0.3 is 20.6 Å². The molecule has 1 aromatic rings. The number of rotatable bonds is 8. The number of nitrogens with one attached hydrogen (secondary N) is 2. The Morgan fingerprint density at radius 2 is 2.08 bits per heavy atom. The van der Waals surface area contributed by atoms with Crippen molar-refractivity contribution < 1.29 is 9.90 Å². The van der Waals surface area contributed by atoms with Crippen molar-refractivity contribution in [2.24, 2.45) is 5.41 Å². The number of nitrogens with zero attached hydrogens (tertiary/aromatic N) is 1.